The van der Waals surface area contributed by atoms with E-state index in [4.69, 9.17) is 12.2 Å². The van der Waals surface area contributed by atoms with Crippen molar-refractivity contribution < 1.29 is 52.8 Å². The molecule has 70 valence electrons. The van der Waals surface area contributed by atoms with E-state index in [0.717, 1.165) is 10.0 Å². The molecule has 0 aromatic heterocycles. The average molecular weight is 268 g/mol. The van der Waals surface area contributed by atoms with E-state index in [-0.39, 0.29) is 57.5 Å². The number of rotatable bonds is 1. The van der Waals surface area contributed by atoms with Crippen molar-refractivity contribution in [2.45, 2.75) is 4.71 Å². The number of thioether (sulfide) groups is 1. The second-order valence-corrected chi connectivity index (χ2v) is 5.14. The van der Waals surface area contributed by atoms with Crippen LogP contribution in [-0.4, -0.2) is 9.03 Å². The van der Waals surface area contributed by atoms with Gasteiger partial charge in [0.1, 0.15) is 4.71 Å². The van der Waals surface area contributed by atoms with Crippen molar-refractivity contribution in [2.75, 3.05) is 5.01 Å². The zero-order valence-electron chi connectivity index (χ0n) is 8.68. The number of thiol groups is 1. The Labute approximate surface area is 142 Å². The van der Waals surface area contributed by atoms with Gasteiger partial charge in [-0.1, -0.05) is 42.2 Å². The number of hydrogen-bond acceptors (Lipinski definition) is 4. The molecule has 14 heavy (non-hydrogen) atoms. The van der Waals surface area contributed by atoms with Crippen molar-refractivity contribution in [3.05, 3.63) is 30.3 Å². The predicted molar refractivity (Wildman–Crippen MR) is 66.1 cm³/mol. The van der Waals surface area contributed by atoms with Crippen molar-refractivity contribution >= 4 is 46.6 Å². The molecule has 1 aromatic rings. The van der Waals surface area contributed by atoms with Gasteiger partial charge in [-0.25, -0.2) is 5.43 Å². The van der Waals surface area contributed by atoms with Gasteiger partial charge in [0.15, 0.2) is 4.32 Å². The molecule has 2 nitrogen and oxygen atoms in total. The summed E-state index contributed by atoms with van der Waals surface area (Å²) in [5, 5.41) is 1.87. The van der Waals surface area contributed by atoms with E-state index in [1.165, 1.54) is 11.8 Å². The van der Waals surface area contributed by atoms with E-state index in [9.17, 15) is 0 Å². The van der Waals surface area contributed by atoms with Crippen LogP contribution in [-0.2, 0) is 0 Å². The Bertz CT molecular complexity index is 325. The number of hydrogen-bond donors (Lipinski definition) is 2. The molecule has 1 heterocycles. The van der Waals surface area contributed by atoms with Gasteiger partial charge in [0.2, 0.25) is 0 Å². The van der Waals surface area contributed by atoms with Gasteiger partial charge >= 0.3 is 51.4 Å². The molecule has 1 atom stereocenters. The minimum absolute atomic E-state index is 0. The average Bonchev–Trinajstić information content (AvgIpc) is 2.47. The summed E-state index contributed by atoms with van der Waals surface area (Å²) in [6, 6.07) is 9.96. The van der Waals surface area contributed by atoms with Crippen LogP contribution in [0.25, 0.3) is 0 Å². The smallest absolute Gasteiger partial charge is 1.00 e. The van der Waals surface area contributed by atoms with E-state index in [2.05, 4.69) is 18.1 Å². The summed E-state index contributed by atoms with van der Waals surface area (Å²) in [4.78, 5) is 0. The van der Waals surface area contributed by atoms with Gasteiger partial charge in [-0.05, 0) is 12.1 Å². The first-order valence-corrected chi connectivity index (χ1v) is 5.58. The van der Waals surface area contributed by atoms with Crippen LogP contribution in [0.15, 0.2) is 30.3 Å². The van der Waals surface area contributed by atoms with Crippen LogP contribution >= 0.6 is 36.6 Å². The van der Waals surface area contributed by atoms with Crippen LogP contribution in [0, 0.1) is 0 Å². The minimum atomic E-state index is 0. The maximum atomic E-state index is 5.18. The summed E-state index contributed by atoms with van der Waals surface area (Å²) in [6.07, 6.45) is 0. The first-order chi connectivity index (χ1) is 6.27. The summed E-state index contributed by atoms with van der Waals surface area (Å²) in [6.45, 7) is 0. The molecule has 1 unspecified atom stereocenters. The fourth-order valence-corrected chi connectivity index (χ4v) is 2.78. The second-order valence-electron chi connectivity index (χ2n) is 2.54. The normalized spacial score (nSPS) is 20.8. The van der Waals surface area contributed by atoms with E-state index in [1.54, 1.807) is 0 Å². The van der Waals surface area contributed by atoms with Crippen LogP contribution in [0.5, 0.6) is 0 Å². The molecule has 0 saturated carbocycles. The molecule has 0 spiro atoms. The van der Waals surface area contributed by atoms with Crippen molar-refractivity contribution in [1.82, 2.24) is 5.43 Å². The zero-order valence-corrected chi connectivity index (χ0v) is 13.3. The van der Waals surface area contributed by atoms with Gasteiger partial charge in [-0.3, -0.25) is 5.01 Å². The molecular formula is C8H9KN2S3. The molecule has 1 aliphatic rings. The Morgan fingerprint density at radius 1 is 1.43 bits per heavy atom. The fraction of sp³-hybridized carbons (Fsp3) is 0.125. The van der Waals surface area contributed by atoms with E-state index in [0.29, 0.717) is 0 Å². The first kappa shape index (κ1) is 13.5. The van der Waals surface area contributed by atoms with Gasteiger partial charge < -0.3 is 1.43 Å². The number of thiocarbonyl (C=S) groups is 1. The first-order valence-electron chi connectivity index (χ1n) is 3.77. The van der Waals surface area contributed by atoms with Crippen molar-refractivity contribution in [1.29, 1.82) is 0 Å². The van der Waals surface area contributed by atoms with Gasteiger partial charge in [-0.2, -0.15) is 0 Å². The van der Waals surface area contributed by atoms with Crippen LogP contribution < -0.4 is 61.8 Å². The van der Waals surface area contributed by atoms with E-state index < -0.39 is 0 Å². The van der Waals surface area contributed by atoms with Crippen LogP contribution in [0.4, 0.5) is 5.69 Å². The Morgan fingerprint density at radius 2 is 2.07 bits per heavy atom. The van der Waals surface area contributed by atoms with Crippen molar-refractivity contribution in [2.24, 2.45) is 0 Å². The zero-order chi connectivity index (χ0) is 9.26. The van der Waals surface area contributed by atoms with Gasteiger partial charge in [0, 0.05) is 0 Å². The molecule has 1 fully saturated rings. The summed E-state index contributed by atoms with van der Waals surface area (Å²) < 4.78 is 0.874. The van der Waals surface area contributed by atoms with E-state index >= 15 is 0 Å². The molecule has 0 amide bonds. The number of nitrogens with one attached hydrogen (secondary N) is 1. The number of benzene rings is 1. The van der Waals surface area contributed by atoms with Crippen LogP contribution in [0.2, 0.25) is 0 Å². The third-order valence-corrected chi connectivity index (χ3v) is 3.26. The minimum Gasteiger partial charge on any atom is -1.00 e. The van der Waals surface area contributed by atoms with Gasteiger partial charge in [-0.15, -0.1) is 12.6 Å². The molecule has 6 heteroatoms. The largest absolute Gasteiger partial charge is 1.00 e. The van der Waals surface area contributed by atoms with Crippen LogP contribution in [0.1, 0.15) is 1.43 Å². The molecular weight excluding hydrogens is 259 g/mol. The Balaban J connectivity index is 0.000000980. The quantitative estimate of drug-likeness (QED) is 0.400. The molecule has 0 radical (unpaired) electrons. The van der Waals surface area contributed by atoms with Crippen molar-refractivity contribution in [3.63, 3.8) is 0 Å². The molecule has 0 bridgehead atoms. The third-order valence-electron chi connectivity index (χ3n) is 1.65. The summed E-state index contributed by atoms with van der Waals surface area (Å²) >= 11 is 11.0. The van der Waals surface area contributed by atoms with Crippen molar-refractivity contribution in [3.8, 4) is 0 Å². The number of hydrazine groups is 1. The summed E-state index contributed by atoms with van der Waals surface area (Å²) in [5.41, 5.74) is 4.19. The fourth-order valence-electron chi connectivity index (χ4n) is 1.09. The molecule has 1 N–H and O–H groups in total. The maximum Gasteiger partial charge on any atom is 1.00 e. The monoisotopic (exact) mass is 268 g/mol. The molecule has 0 aliphatic carbocycles. The standard InChI is InChI=1S/C8H8N2S3.K.H/c11-7-9-10(8(12)13-7)6-4-2-1-3-5-6;;/h1-5,7,9,11H;;/q;+1;-1. The molecule has 1 aliphatic heterocycles. The molecule has 1 saturated heterocycles. The predicted octanol–water partition coefficient (Wildman–Crippen LogP) is -0.641. The Morgan fingerprint density at radius 3 is 2.57 bits per heavy atom. The van der Waals surface area contributed by atoms with Crippen LogP contribution in [0.3, 0.4) is 0 Å². The number of anilines is 1. The SMILES string of the molecule is S=C1SC(S)NN1c1ccccc1.[H-].[K+]. The number of nitrogens with zero attached hydrogens (tertiary/aromatic N) is 1. The van der Waals surface area contributed by atoms with E-state index in [1.807, 2.05) is 35.3 Å². The Kier molecular flexibility index (Phi) is 5.98. The number of para-hydroxylation sites is 1. The summed E-state index contributed by atoms with van der Waals surface area (Å²) in [5.74, 6) is 0. The second kappa shape index (κ2) is 6.22. The molecule has 2 rings (SSSR count). The summed E-state index contributed by atoms with van der Waals surface area (Å²) in [7, 11) is 0. The Hall–Kier alpha value is 1.41. The maximum absolute atomic E-state index is 5.18. The molecule has 1 aromatic carbocycles. The van der Waals surface area contributed by atoms with Gasteiger partial charge in [0.25, 0.3) is 0 Å². The third kappa shape index (κ3) is 3.20. The topological polar surface area (TPSA) is 15.3 Å². The van der Waals surface area contributed by atoms with Gasteiger partial charge in [0.05, 0.1) is 5.69 Å².